The van der Waals surface area contributed by atoms with Gasteiger partial charge in [-0.3, -0.25) is 4.79 Å². The highest BCUT2D eigenvalue weighted by Crippen LogP contribution is 2.48. The SMILES string of the molecule is C=C(C)C1Cc2c(ccc(C3=NOC4COc5cc(OC)c(OC)cc5C34)c2OCC(=O)C(C)C)O1. The molecule has 36 heavy (non-hydrogen) atoms. The van der Waals surface area contributed by atoms with E-state index in [-0.39, 0.29) is 36.4 Å². The fourth-order valence-corrected chi connectivity index (χ4v) is 4.77. The van der Waals surface area contributed by atoms with Gasteiger partial charge in [0.15, 0.2) is 23.4 Å². The number of fused-ring (bicyclic) bond motifs is 4. The van der Waals surface area contributed by atoms with Crippen molar-refractivity contribution in [1.29, 1.82) is 0 Å². The fourth-order valence-electron chi connectivity index (χ4n) is 4.77. The Hall–Kier alpha value is -3.68. The van der Waals surface area contributed by atoms with Gasteiger partial charge in [-0.25, -0.2) is 0 Å². The van der Waals surface area contributed by atoms with Crippen molar-refractivity contribution < 1.29 is 33.3 Å². The number of rotatable bonds is 8. The summed E-state index contributed by atoms with van der Waals surface area (Å²) in [7, 11) is 3.19. The van der Waals surface area contributed by atoms with E-state index < -0.39 is 0 Å². The number of hydrogen-bond acceptors (Lipinski definition) is 8. The van der Waals surface area contributed by atoms with Crippen LogP contribution in [0.3, 0.4) is 0 Å². The zero-order chi connectivity index (χ0) is 25.6. The molecule has 3 unspecified atom stereocenters. The minimum absolute atomic E-state index is 0.0182. The molecule has 3 heterocycles. The molecule has 3 aliphatic heterocycles. The first-order valence-corrected chi connectivity index (χ1v) is 12.1. The maximum absolute atomic E-state index is 12.5. The first-order valence-electron chi connectivity index (χ1n) is 12.1. The summed E-state index contributed by atoms with van der Waals surface area (Å²) in [6, 6.07) is 7.59. The molecule has 0 aromatic heterocycles. The van der Waals surface area contributed by atoms with Crippen molar-refractivity contribution in [3.05, 3.63) is 53.1 Å². The van der Waals surface area contributed by atoms with Gasteiger partial charge in [0.1, 0.15) is 42.3 Å². The van der Waals surface area contributed by atoms with E-state index in [4.69, 9.17) is 28.5 Å². The summed E-state index contributed by atoms with van der Waals surface area (Å²) in [6.07, 6.45) is 0.160. The molecule has 0 saturated heterocycles. The molecule has 0 N–H and O–H groups in total. The second kappa shape index (κ2) is 9.41. The van der Waals surface area contributed by atoms with E-state index in [1.807, 2.05) is 45.0 Å². The monoisotopic (exact) mass is 493 g/mol. The van der Waals surface area contributed by atoms with Gasteiger partial charge in [0.2, 0.25) is 0 Å². The first-order chi connectivity index (χ1) is 17.3. The molecular weight excluding hydrogens is 462 g/mol. The number of nitrogens with zero attached hydrogens (tertiary/aromatic N) is 1. The molecule has 0 fully saturated rings. The van der Waals surface area contributed by atoms with Crippen LogP contribution in [0.15, 0.2) is 41.6 Å². The predicted molar refractivity (Wildman–Crippen MR) is 134 cm³/mol. The van der Waals surface area contributed by atoms with E-state index in [1.54, 1.807) is 14.2 Å². The smallest absolute Gasteiger partial charge is 0.173 e. The Kier molecular flexibility index (Phi) is 6.28. The maximum atomic E-state index is 12.5. The van der Waals surface area contributed by atoms with Crippen molar-refractivity contribution in [2.45, 2.75) is 45.3 Å². The minimum Gasteiger partial charge on any atom is -0.493 e. The van der Waals surface area contributed by atoms with Crippen LogP contribution in [0.2, 0.25) is 0 Å². The Bertz CT molecular complexity index is 1250. The quantitative estimate of drug-likeness (QED) is 0.502. The van der Waals surface area contributed by atoms with Crippen LogP contribution in [0, 0.1) is 5.92 Å². The highest BCUT2D eigenvalue weighted by molar-refractivity contribution is 6.09. The van der Waals surface area contributed by atoms with Gasteiger partial charge in [0, 0.05) is 35.1 Å². The Morgan fingerprint density at radius 3 is 2.61 bits per heavy atom. The second-order valence-electron chi connectivity index (χ2n) is 9.64. The number of oxime groups is 1. The molecule has 8 heteroatoms. The molecule has 0 bridgehead atoms. The normalized spacial score (nSPS) is 21.3. The summed E-state index contributed by atoms with van der Waals surface area (Å²) in [6.45, 7) is 10.0. The third-order valence-corrected chi connectivity index (χ3v) is 6.91. The molecule has 0 spiro atoms. The lowest BCUT2D eigenvalue weighted by molar-refractivity contribution is -0.123. The second-order valence-corrected chi connectivity index (χ2v) is 9.64. The van der Waals surface area contributed by atoms with Crippen molar-refractivity contribution in [2.75, 3.05) is 27.4 Å². The highest BCUT2D eigenvalue weighted by atomic mass is 16.7. The lowest BCUT2D eigenvalue weighted by Gasteiger charge is -2.29. The predicted octanol–water partition coefficient (Wildman–Crippen LogP) is 4.47. The molecule has 8 nitrogen and oxygen atoms in total. The average molecular weight is 494 g/mol. The molecule has 0 radical (unpaired) electrons. The van der Waals surface area contributed by atoms with E-state index in [1.165, 1.54) is 0 Å². The summed E-state index contributed by atoms with van der Waals surface area (Å²) in [5.41, 5.74) is 4.21. The summed E-state index contributed by atoms with van der Waals surface area (Å²) < 4.78 is 29.3. The molecule has 2 aromatic rings. The molecule has 2 aromatic carbocycles. The van der Waals surface area contributed by atoms with Gasteiger partial charge in [-0.2, -0.15) is 0 Å². The van der Waals surface area contributed by atoms with Gasteiger partial charge in [0.25, 0.3) is 0 Å². The third kappa shape index (κ3) is 4.04. The number of hydrogen-bond donors (Lipinski definition) is 0. The molecule has 0 aliphatic carbocycles. The number of Topliss-reactive ketones (excluding diaryl/α,β-unsaturated/α-hetero) is 1. The number of carbonyl (C=O) groups excluding carboxylic acids is 1. The van der Waals surface area contributed by atoms with Gasteiger partial charge < -0.3 is 28.5 Å². The van der Waals surface area contributed by atoms with Crippen molar-refractivity contribution in [3.63, 3.8) is 0 Å². The van der Waals surface area contributed by atoms with E-state index in [2.05, 4.69) is 11.7 Å². The lowest BCUT2D eigenvalue weighted by Crippen LogP contribution is -2.32. The van der Waals surface area contributed by atoms with Gasteiger partial charge >= 0.3 is 0 Å². The molecule has 190 valence electrons. The van der Waals surface area contributed by atoms with Crippen molar-refractivity contribution in [3.8, 4) is 28.7 Å². The summed E-state index contributed by atoms with van der Waals surface area (Å²) in [5.74, 6) is 2.87. The first kappa shape index (κ1) is 24.0. The highest BCUT2D eigenvalue weighted by Gasteiger charge is 2.44. The Labute approximate surface area is 210 Å². The molecule has 3 atom stereocenters. The Balaban J connectivity index is 1.58. The van der Waals surface area contributed by atoms with Gasteiger partial charge in [-0.05, 0) is 30.7 Å². The van der Waals surface area contributed by atoms with E-state index in [0.29, 0.717) is 41.7 Å². The maximum Gasteiger partial charge on any atom is 0.173 e. The number of carbonyl (C=O) groups is 1. The molecule has 0 saturated carbocycles. The van der Waals surface area contributed by atoms with Crippen LogP contribution >= 0.6 is 0 Å². The van der Waals surface area contributed by atoms with Gasteiger partial charge in [0.05, 0.1) is 20.1 Å². The molecule has 3 aliphatic rings. The van der Waals surface area contributed by atoms with Crippen molar-refractivity contribution in [2.24, 2.45) is 11.1 Å². The van der Waals surface area contributed by atoms with Crippen LogP contribution in [0.5, 0.6) is 28.7 Å². The molecule has 0 amide bonds. The lowest BCUT2D eigenvalue weighted by atomic mass is 9.83. The van der Waals surface area contributed by atoms with Crippen molar-refractivity contribution >= 4 is 11.5 Å². The Morgan fingerprint density at radius 1 is 1.17 bits per heavy atom. The van der Waals surface area contributed by atoms with Gasteiger partial charge in [-0.1, -0.05) is 25.6 Å². The zero-order valence-electron chi connectivity index (χ0n) is 21.3. The molecule has 5 rings (SSSR count). The van der Waals surface area contributed by atoms with Crippen molar-refractivity contribution in [1.82, 2.24) is 0 Å². The largest absolute Gasteiger partial charge is 0.493 e. The number of benzene rings is 2. The molecular formula is C28H31NO7. The van der Waals surface area contributed by atoms with Crippen LogP contribution < -0.4 is 23.7 Å². The fraction of sp³-hybridized carbons (Fsp3) is 0.429. The topological polar surface area (TPSA) is 84.8 Å². The summed E-state index contributed by atoms with van der Waals surface area (Å²) in [5, 5.41) is 4.49. The van der Waals surface area contributed by atoms with E-state index >= 15 is 0 Å². The third-order valence-electron chi connectivity index (χ3n) is 6.91. The van der Waals surface area contributed by atoms with Crippen LogP contribution in [0.1, 0.15) is 43.4 Å². The summed E-state index contributed by atoms with van der Waals surface area (Å²) >= 11 is 0. The number of ketones is 1. The number of methoxy groups -OCH3 is 2. The van der Waals surface area contributed by atoms with E-state index in [0.717, 1.165) is 28.0 Å². The van der Waals surface area contributed by atoms with Crippen LogP contribution in [-0.2, 0) is 16.1 Å². The van der Waals surface area contributed by atoms with Gasteiger partial charge in [-0.15, -0.1) is 0 Å². The van der Waals surface area contributed by atoms with E-state index in [9.17, 15) is 4.79 Å². The van der Waals surface area contributed by atoms with Crippen LogP contribution in [-0.4, -0.2) is 51.1 Å². The Morgan fingerprint density at radius 2 is 1.92 bits per heavy atom. The number of ether oxygens (including phenoxy) is 5. The minimum atomic E-state index is -0.302. The standard InChI is InChI=1S/C28H31NO7/c1-14(2)19(30)12-34-28-16(7-8-20-18(28)10-21(35-20)15(3)4)27-26-17-9-23(31-5)24(32-6)11-22(17)33-13-25(26)36-29-27/h7-9,11,14,21,25-26H,3,10,12-13H2,1-2,4-6H3. The van der Waals surface area contributed by atoms with Crippen LogP contribution in [0.4, 0.5) is 0 Å². The summed E-state index contributed by atoms with van der Waals surface area (Å²) in [4.78, 5) is 18.3. The zero-order valence-corrected chi connectivity index (χ0v) is 21.3. The average Bonchev–Trinajstić information content (AvgIpc) is 3.51. The van der Waals surface area contributed by atoms with Crippen LogP contribution in [0.25, 0.3) is 0 Å².